The summed E-state index contributed by atoms with van der Waals surface area (Å²) in [6, 6.07) is 0. The average molecular weight is 201 g/mol. The van der Waals surface area contributed by atoms with Gasteiger partial charge in [-0.25, -0.2) is 4.79 Å². The molecular formula is C9H15NO4. The molecule has 1 N–H and O–H groups in total. The van der Waals surface area contributed by atoms with E-state index >= 15 is 0 Å². The van der Waals surface area contributed by atoms with Crippen molar-refractivity contribution < 1.29 is 19.1 Å². The van der Waals surface area contributed by atoms with Crippen LogP contribution in [0, 0.1) is 0 Å². The summed E-state index contributed by atoms with van der Waals surface area (Å²) < 4.78 is 9.65. The Morgan fingerprint density at radius 2 is 1.79 bits per heavy atom. The van der Waals surface area contributed by atoms with Crippen LogP contribution in [0.15, 0.2) is 12.0 Å². The monoisotopic (exact) mass is 201 g/mol. The van der Waals surface area contributed by atoms with Crippen LogP contribution in [0.5, 0.6) is 0 Å². The van der Waals surface area contributed by atoms with E-state index in [1.165, 1.54) is 6.92 Å². The number of amides is 1. The van der Waals surface area contributed by atoms with Crippen LogP contribution in [0.25, 0.3) is 0 Å². The number of esters is 1. The second-order valence-electron chi connectivity index (χ2n) is 2.37. The van der Waals surface area contributed by atoms with Gasteiger partial charge in [0.15, 0.2) is 0 Å². The Hall–Kier alpha value is -1.52. The van der Waals surface area contributed by atoms with Crippen LogP contribution in [0.4, 0.5) is 0 Å². The molecule has 5 nitrogen and oxygen atoms in total. The fourth-order valence-corrected chi connectivity index (χ4v) is 0.734. The van der Waals surface area contributed by atoms with Crippen molar-refractivity contribution in [3.05, 3.63) is 12.0 Å². The van der Waals surface area contributed by atoms with Gasteiger partial charge in [0.1, 0.15) is 0 Å². The predicted octanol–water partition coefficient (Wildman–Crippen LogP) is 0.563. The first-order chi connectivity index (χ1) is 6.60. The highest BCUT2D eigenvalue weighted by Gasteiger charge is 2.04. The maximum Gasteiger partial charge on any atom is 0.336 e. The number of nitrogens with one attached hydrogen (secondary N) is 1. The van der Waals surface area contributed by atoms with Gasteiger partial charge < -0.3 is 9.47 Å². The molecule has 0 saturated carbocycles. The van der Waals surface area contributed by atoms with Crippen LogP contribution in [-0.2, 0) is 19.1 Å². The molecule has 0 spiro atoms. The topological polar surface area (TPSA) is 64.6 Å². The maximum absolute atomic E-state index is 11.0. The predicted molar refractivity (Wildman–Crippen MR) is 50.2 cm³/mol. The number of hydrogen-bond donors (Lipinski definition) is 1. The molecular weight excluding hydrogens is 186 g/mol. The van der Waals surface area contributed by atoms with Crippen molar-refractivity contribution in [2.75, 3.05) is 13.2 Å². The number of rotatable bonds is 5. The summed E-state index contributed by atoms with van der Waals surface area (Å²) in [7, 11) is 0. The Kier molecular flexibility index (Phi) is 6.19. The molecule has 0 aliphatic carbocycles. The molecule has 0 fully saturated rings. The fraction of sp³-hybridized carbons (Fsp3) is 0.556. The van der Waals surface area contributed by atoms with Crippen LogP contribution in [0.3, 0.4) is 0 Å². The van der Waals surface area contributed by atoms with Crippen LogP contribution in [0.2, 0.25) is 0 Å². The molecule has 1 amide bonds. The van der Waals surface area contributed by atoms with Crippen molar-refractivity contribution in [1.29, 1.82) is 0 Å². The minimum Gasteiger partial charge on any atom is -0.479 e. The zero-order chi connectivity index (χ0) is 11.0. The van der Waals surface area contributed by atoms with Gasteiger partial charge in [-0.1, -0.05) is 0 Å². The van der Waals surface area contributed by atoms with Crippen molar-refractivity contribution in [2.24, 2.45) is 0 Å². The lowest BCUT2D eigenvalue weighted by Gasteiger charge is -2.07. The Morgan fingerprint density at radius 1 is 1.21 bits per heavy atom. The van der Waals surface area contributed by atoms with Gasteiger partial charge in [-0.3, -0.25) is 10.1 Å². The van der Waals surface area contributed by atoms with E-state index in [1.807, 2.05) is 0 Å². The van der Waals surface area contributed by atoms with E-state index in [9.17, 15) is 9.59 Å². The molecule has 0 aliphatic heterocycles. The zero-order valence-electron chi connectivity index (χ0n) is 8.62. The molecule has 0 rings (SSSR count). The summed E-state index contributed by atoms with van der Waals surface area (Å²) in [5, 5.41) is 2.37. The van der Waals surface area contributed by atoms with Gasteiger partial charge in [-0.05, 0) is 13.8 Å². The third kappa shape index (κ3) is 6.05. The molecule has 0 saturated heterocycles. The average Bonchev–Trinajstić information content (AvgIpc) is 2.03. The second kappa shape index (κ2) is 6.94. The van der Waals surface area contributed by atoms with E-state index < -0.39 is 5.97 Å². The lowest BCUT2D eigenvalue weighted by Crippen LogP contribution is -2.22. The Balaban J connectivity index is 4.30. The largest absolute Gasteiger partial charge is 0.479 e. The minimum atomic E-state index is -0.537. The standard InChI is InChI=1S/C9H15NO4/c1-4-13-8(10-7(3)11)6-9(12)14-5-2/h6H,4-5H2,1-3H3,(H,10,11). The highest BCUT2D eigenvalue weighted by Crippen LogP contribution is 1.94. The molecule has 0 radical (unpaired) electrons. The van der Waals surface area contributed by atoms with Gasteiger partial charge >= 0.3 is 5.97 Å². The summed E-state index contributed by atoms with van der Waals surface area (Å²) in [6.45, 7) is 5.43. The van der Waals surface area contributed by atoms with Crippen molar-refractivity contribution in [2.45, 2.75) is 20.8 Å². The Labute approximate surface area is 83.1 Å². The van der Waals surface area contributed by atoms with Gasteiger partial charge in [0.2, 0.25) is 11.8 Å². The van der Waals surface area contributed by atoms with Crippen LogP contribution < -0.4 is 5.32 Å². The van der Waals surface area contributed by atoms with Gasteiger partial charge in [0, 0.05) is 6.92 Å². The van der Waals surface area contributed by atoms with Gasteiger partial charge in [-0.15, -0.1) is 0 Å². The zero-order valence-corrected chi connectivity index (χ0v) is 8.62. The number of carbonyl (C=O) groups excluding carboxylic acids is 2. The smallest absolute Gasteiger partial charge is 0.336 e. The fourth-order valence-electron chi connectivity index (χ4n) is 0.734. The highest BCUT2D eigenvalue weighted by molar-refractivity contribution is 5.84. The molecule has 0 atom stereocenters. The quantitative estimate of drug-likeness (QED) is 0.401. The lowest BCUT2D eigenvalue weighted by atomic mass is 10.5. The molecule has 0 aromatic heterocycles. The summed E-state index contributed by atoms with van der Waals surface area (Å²) in [6.07, 6.45) is 1.11. The normalized spacial score (nSPS) is 10.6. The first-order valence-electron chi connectivity index (χ1n) is 4.39. The Bertz CT molecular complexity index is 235. The van der Waals surface area contributed by atoms with Crippen molar-refractivity contribution in [1.82, 2.24) is 5.32 Å². The number of hydrogen-bond acceptors (Lipinski definition) is 4. The summed E-state index contributed by atoms with van der Waals surface area (Å²) in [5.74, 6) is -0.725. The summed E-state index contributed by atoms with van der Waals surface area (Å²) >= 11 is 0. The van der Waals surface area contributed by atoms with E-state index in [1.54, 1.807) is 13.8 Å². The van der Waals surface area contributed by atoms with Gasteiger partial charge in [-0.2, -0.15) is 0 Å². The van der Waals surface area contributed by atoms with Gasteiger partial charge in [0.25, 0.3) is 0 Å². The third-order valence-corrected chi connectivity index (χ3v) is 1.13. The molecule has 0 bridgehead atoms. The van der Waals surface area contributed by atoms with Gasteiger partial charge in [0.05, 0.1) is 19.3 Å². The maximum atomic E-state index is 11.0. The van der Waals surface area contributed by atoms with Crippen LogP contribution >= 0.6 is 0 Å². The van der Waals surface area contributed by atoms with E-state index in [-0.39, 0.29) is 18.4 Å². The third-order valence-electron chi connectivity index (χ3n) is 1.13. The lowest BCUT2D eigenvalue weighted by molar-refractivity contribution is -0.137. The Morgan fingerprint density at radius 3 is 2.21 bits per heavy atom. The summed E-state index contributed by atoms with van der Waals surface area (Å²) in [5.41, 5.74) is 0. The molecule has 0 unspecified atom stereocenters. The molecule has 0 aliphatic rings. The molecule has 0 aromatic rings. The number of ether oxygens (including phenoxy) is 2. The van der Waals surface area contributed by atoms with Crippen molar-refractivity contribution in [3.63, 3.8) is 0 Å². The molecule has 14 heavy (non-hydrogen) atoms. The van der Waals surface area contributed by atoms with Crippen LogP contribution in [-0.4, -0.2) is 25.1 Å². The van der Waals surface area contributed by atoms with E-state index in [4.69, 9.17) is 4.74 Å². The molecule has 5 heteroatoms. The van der Waals surface area contributed by atoms with E-state index in [2.05, 4.69) is 10.1 Å². The molecule has 0 heterocycles. The highest BCUT2D eigenvalue weighted by atomic mass is 16.5. The first-order valence-corrected chi connectivity index (χ1v) is 4.39. The van der Waals surface area contributed by atoms with E-state index in [0.29, 0.717) is 6.61 Å². The SMILES string of the molecule is CCOC(=O)C=C(NC(C)=O)OCC. The molecule has 80 valence electrons. The van der Waals surface area contributed by atoms with Crippen molar-refractivity contribution in [3.8, 4) is 0 Å². The second-order valence-corrected chi connectivity index (χ2v) is 2.37. The number of carbonyl (C=O) groups is 2. The summed E-state index contributed by atoms with van der Waals surface area (Å²) in [4.78, 5) is 21.7. The molecule has 0 aromatic carbocycles. The first kappa shape index (κ1) is 12.5. The minimum absolute atomic E-state index is 0.110. The van der Waals surface area contributed by atoms with E-state index in [0.717, 1.165) is 6.08 Å². The van der Waals surface area contributed by atoms with Crippen molar-refractivity contribution >= 4 is 11.9 Å². The van der Waals surface area contributed by atoms with Crippen LogP contribution in [0.1, 0.15) is 20.8 Å².